The normalized spacial score (nSPS) is 17.9. The first-order valence-electron chi connectivity index (χ1n) is 5.27. The summed E-state index contributed by atoms with van der Waals surface area (Å²) in [6, 6.07) is 0. The van der Waals surface area contributed by atoms with Crippen LogP contribution in [0.5, 0.6) is 0 Å². The van der Waals surface area contributed by atoms with Gasteiger partial charge in [-0.15, -0.1) is 0 Å². The van der Waals surface area contributed by atoms with Crippen LogP contribution in [0.1, 0.15) is 32.1 Å². The first-order chi connectivity index (χ1) is 7.65. The molecule has 0 aliphatic heterocycles. The maximum atomic E-state index is 11.1. The lowest BCUT2D eigenvalue weighted by Gasteiger charge is -2.19. The van der Waals surface area contributed by atoms with Gasteiger partial charge < -0.3 is 15.3 Å². The molecule has 0 aromatic rings. The van der Waals surface area contributed by atoms with E-state index in [2.05, 4.69) is 9.89 Å². The molecular formula is C10H16N2O4. The lowest BCUT2D eigenvalue weighted by atomic mass is 9.98. The summed E-state index contributed by atoms with van der Waals surface area (Å²) in [6.45, 7) is 0. The average molecular weight is 228 g/mol. The first kappa shape index (κ1) is 12.5. The Morgan fingerprint density at radius 3 is 2.38 bits per heavy atom. The molecule has 2 N–H and O–H groups in total. The highest BCUT2D eigenvalue weighted by Gasteiger charge is 2.21. The molecule has 0 radical (unpaired) electrons. The lowest BCUT2D eigenvalue weighted by Crippen LogP contribution is -2.32. The van der Waals surface area contributed by atoms with Gasteiger partial charge in [0.1, 0.15) is 6.10 Å². The zero-order chi connectivity index (χ0) is 12.0. The quantitative estimate of drug-likeness (QED) is 0.325. The topological polar surface area (TPSA) is 91.0 Å². The Morgan fingerprint density at radius 1 is 1.25 bits per heavy atom. The molecule has 1 aliphatic rings. The van der Waals surface area contributed by atoms with Crippen molar-refractivity contribution >= 4 is 17.6 Å². The molecular weight excluding hydrogens is 212 g/mol. The van der Waals surface area contributed by atoms with Crippen LogP contribution in [0, 0.1) is 0 Å². The summed E-state index contributed by atoms with van der Waals surface area (Å²) < 4.78 is 4.36. The SMILES string of the molecule is COC(=O)/C(=N/OC1CCCCC1)C(N)=O. The highest BCUT2D eigenvalue weighted by molar-refractivity contribution is 6.63. The minimum atomic E-state index is -0.942. The number of primary amides is 1. The van der Waals surface area contributed by atoms with Gasteiger partial charge in [0, 0.05) is 0 Å². The van der Waals surface area contributed by atoms with E-state index < -0.39 is 17.6 Å². The molecule has 1 fully saturated rings. The molecule has 0 heterocycles. The summed E-state index contributed by atoms with van der Waals surface area (Å²) in [4.78, 5) is 27.1. The van der Waals surface area contributed by atoms with E-state index in [1.807, 2.05) is 0 Å². The number of rotatable bonds is 4. The van der Waals surface area contributed by atoms with Crippen LogP contribution >= 0.6 is 0 Å². The van der Waals surface area contributed by atoms with E-state index in [1.54, 1.807) is 0 Å². The first-order valence-corrected chi connectivity index (χ1v) is 5.27. The molecule has 0 atom stereocenters. The fraction of sp³-hybridized carbons (Fsp3) is 0.700. The Bertz CT molecular complexity index is 295. The van der Waals surface area contributed by atoms with Crippen LogP contribution in [-0.2, 0) is 19.2 Å². The number of carbonyl (C=O) groups is 2. The van der Waals surface area contributed by atoms with Gasteiger partial charge in [0.25, 0.3) is 11.6 Å². The summed E-state index contributed by atoms with van der Waals surface area (Å²) in [6.07, 6.45) is 5.07. The molecule has 1 aliphatic carbocycles. The maximum absolute atomic E-state index is 11.1. The molecule has 6 nitrogen and oxygen atoms in total. The second kappa shape index (κ2) is 6.09. The van der Waals surface area contributed by atoms with E-state index in [0.29, 0.717) is 0 Å². The predicted molar refractivity (Wildman–Crippen MR) is 56.6 cm³/mol. The van der Waals surface area contributed by atoms with Crippen LogP contribution in [0.25, 0.3) is 0 Å². The van der Waals surface area contributed by atoms with Gasteiger partial charge in [-0.05, 0) is 25.7 Å². The second-order valence-electron chi connectivity index (χ2n) is 3.66. The highest BCUT2D eigenvalue weighted by atomic mass is 16.6. The van der Waals surface area contributed by atoms with Crippen molar-refractivity contribution in [1.82, 2.24) is 0 Å². The van der Waals surface area contributed by atoms with Gasteiger partial charge in [-0.1, -0.05) is 11.6 Å². The molecule has 0 spiro atoms. The van der Waals surface area contributed by atoms with E-state index in [1.165, 1.54) is 6.42 Å². The van der Waals surface area contributed by atoms with Crippen molar-refractivity contribution in [2.45, 2.75) is 38.2 Å². The summed E-state index contributed by atoms with van der Waals surface area (Å²) in [5, 5.41) is 3.49. The summed E-state index contributed by atoms with van der Waals surface area (Å²) in [7, 11) is 1.15. The smallest absolute Gasteiger partial charge is 0.365 e. The maximum Gasteiger partial charge on any atom is 0.365 e. The van der Waals surface area contributed by atoms with Crippen molar-refractivity contribution in [2.24, 2.45) is 10.9 Å². The van der Waals surface area contributed by atoms with Crippen LogP contribution in [0.15, 0.2) is 5.16 Å². The van der Waals surface area contributed by atoms with Crippen LogP contribution in [0.2, 0.25) is 0 Å². The second-order valence-corrected chi connectivity index (χ2v) is 3.66. The molecule has 90 valence electrons. The van der Waals surface area contributed by atoms with Crippen LogP contribution in [-0.4, -0.2) is 30.8 Å². The highest BCUT2D eigenvalue weighted by Crippen LogP contribution is 2.20. The van der Waals surface area contributed by atoms with Gasteiger partial charge in [-0.25, -0.2) is 4.79 Å². The molecule has 0 aromatic heterocycles. The number of hydrogen-bond donors (Lipinski definition) is 1. The number of hydrogen-bond acceptors (Lipinski definition) is 5. The number of esters is 1. The third kappa shape index (κ3) is 3.52. The van der Waals surface area contributed by atoms with E-state index in [4.69, 9.17) is 10.6 Å². The van der Waals surface area contributed by atoms with E-state index in [9.17, 15) is 9.59 Å². The van der Waals surface area contributed by atoms with Crippen LogP contribution < -0.4 is 5.73 Å². The van der Waals surface area contributed by atoms with Crippen molar-refractivity contribution < 1.29 is 19.2 Å². The van der Waals surface area contributed by atoms with Crippen molar-refractivity contribution in [2.75, 3.05) is 7.11 Å². The Hall–Kier alpha value is -1.59. The molecule has 1 rings (SSSR count). The predicted octanol–water partition coefficient (Wildman–Crippen LogP) is 0.350. The zero-order valence-corrected chi connectivity index (χ0v) is 9.27. The Kier molecular flexibility index (Phi) is 4.75. The molecule has 0 bridgehead atoms. The Morgan fingerprint density at radius 2 is 1.88 bits per heavy atom. The van der Waals surface area contributed by atoms with Crippen molar-refractivity contribution in [3.8, 4) is 0 Å². The lowest BCUT2D eigenvalue weighted by molar-refractivity contribution is -0.133. The number of amides is 1. The van der Waals surface area contributed by atoms with Gasteiger partial charge in [0.2, 0.25) is 0 Å². The zero-order valence-electron chi connectivity index (χ0n) is 9.27. The van der Waals surface area contributed by atoms with E-state index >= 15 is 0 Å². The summed E-state index contributed by atoms with van der Waals surface area (Å²) >= 11 is 0. The average Bonchev–Trinajstić information content (AvgIpc) is 2.30. The summed E-state index contributed by atoms with van der Waals surface area (Å²) in [5.74, 6) is -1.81. The molecule has 16 heavy (non-hydrogen) atoms. The molecule has 0 saturated heterocycles. The van der Waals surface area contributed by atoms with Crippen molar-refractivity contribution in [1.29, 1.82) is 0 Å². The third-order valence-corrected chi connectivity index (χ3v) is 2.46. The number of methoxy groups -OCH3 is 1. The van der Waals surface area contributed by atoms with Gasteiger partial charge in [-0.3, -0.25) is 4.79 Å². The minimum Gasteiger partial charge on any atom is -0.464 e. The standard InChI is InChI=1S/C10H16N2O4/c1-15-10(14)8(9(11)13)12-16-7-5-3-2-4-6-7/h7H,2-6H2,1H3,(H2,11,13)/b12-8+. The number of nitrogens with two attached hydrogens (primary N) is 1. The van der Waals surface area contributed by atoms with Gasteiger partial charge in [-0.2, -0.15) is 0 Å². The minimum absolute atomic E-state index is 0.0345. The van der Waals surface area contributed by atoms with Crippen LogP contribution in [0.4, 0.5) is 0 Å². The van der Waals surface area contributed by atoms with Gasteiger partial charge in [0.05, 0.1) is 7.11 Å². The van der Waals surface area contributed by atoms with Gasteiger partial charge >= 0.3 is 5.97 Å². The van der Waals surface area contributed by atoms with E-state index in [0.717, 1.165) is 32.8 Å². The van der Waals surface area contributed by atoms with E-state index in [-0.39, 0.29) is 6.10 Å². The fourth-order valence-electron chi connectivity index (χ4n) is 1.58. The van der Waals surface area contributed by atoms with Crippen molar-refractivity contribution in [3.63, 3.8) is 0 Å². The Labute approximate surface area is 93.8 Å². The fourth-order valence-corrected chi connectivity index (χ4v) is 1.58. The molecule has 1 amide bonds. The molecule has 1 saturated carbocycles. The number of carbonyl (C=O) groups excluding carboxylic acids is 2. The largest absolute Gasteiger partial charge is 0.464 e. The Balaban J connectivity index is 2.56. The molecule has 0 aromatic carbocycles. The number of ether oxygens (including phenoxy) is 1. The third-order valence-electron chi connectivity index (χ3n) is 2.46. The van der Waals surface area contributed by atoms with Crippen LogP contribution in [0.3, 0.4) is 0 Å². The van der Waals surface area contributed by atoms with Gasteiger partial charge in [0.15, 0.2) is 0 Å². The number of oxime groups is 1. The monoisotopic (exact) mass is 228 g/mol. The van der Waals surface area contributed by atoms with Crippen molar-refractivity contribution in [3.05, 3.63) is 0 Å². The number of nitrogens with zero attached hydrogens (tertiary/aromatic N) is 1. The molecule has 6 heteroatoms. The summed E-state index contributed by atoms with van der Waals surface area (Å²) in [5.41, 5.74) is 4.49. The molecule has 0 unspecified atom stereocenters.